The largest absolute Gasteiger partial charge is 0.368 e. The molecule has 2 rings (SSSR count). The number of anilines is 1. The van der Waals surface area contributed by atoms with Crippen LogP contribution in [0, 0.1) is 5.92 Å². The summed E-state index contributed by atoms with van der Waals surface area (Å²) in [6, 6.07) is 6.09. The maximum Gasteiger partial charge on any atom is 0.250 e. The summed E-state index contributed by atoms with van der Waals surface area (Å²) in [5.74, 6) is 0.261. The first-order valence-corrected chi connectivity index (χ1v) is 10.7. The Kier molecular flexibility index (Phi) is 7.20. The van der Waals surface area contributed by atoms with Crippen molar-refractivity contribution in [3.8, 4) is 0 Å². The van der Waals surface area contributed by atoms with E-state index < -0.39 is 10.0 Å². The van der Waals surface area contributed by atoms with E-state index in [0.29, 0.717) is 11.6 Å². The molecule has 1 aromatic carbocycles. The van der Waals surface area contributed by atoms with Gasteiger partial charge in [0.2, 0.25) is 15.9 Å². The maximum absolute atomic E-state index is 12.4. The van der Waals surface area contributed by atoms with E-state index in [1.165, 1.54) is 22.9 Å². The first-order chi connectivity index (χ1) is 12.2. The molecule has 1 aliphatic rings. The fraction of sp³-hybridized carbons (Fsp3) is 0.632. The van der Waals surface area contributed by atoms with Crippen LogP contribution in [0.4, 0.5) is 5.69 Å². The molecule has 0 aliphatic heterocycles. The van der Waals surface area contributed by atoms with Crippen LogP contribution in [-0.4, -0.2) is 44.4 Å². The molecule has 1 N–H and O–H groups in total. The number of hydrogen-bond donors (Lipinski definition) is 1. The molecule has 0 spiro atoms. The summed E-state index contributed by atoms with van der Waals surface area (Å²) in [6.07, 6.45) is 4.68. The number of sulfonamides is 1. The van der Waals surface area contributed by atoms with Gasteiger partial charge in [-0.3, -0.25) is 4.79 Å². The minimum atomic E-state index is -3.52. The van der Waals surface area contributed by atoms with Crippen molar-refractivity contribution in [3.63, 3.8) is 0 Å². The van der Waals surface area contributed by atoms with Crippen LogP contribution in [0.2, 0.25) is 0 Å². The number of carbonyl (C=O) groups excluding carboxylic acids is 1. The molecule has 7 heteroatoms. The number of nitrogens with zero attached hydrogens (tertiary/aromatic N) is 1. The third-order valence-corrected chi connectivity index (χ3v) is 7.05. The van der Waals surface area contributed by atoms with E-state index in [2.05, 4.69) is 12.2 Å². The Labute approximate surface area is 157 Å². The lowest BCUT2D eigenvalue weighted by Crippen LogP contribution is -2.33. The molecule has 1 aromatic rings. The zero-order valence-electron chi connectivity index (χ0n) is 16.1. The van der Waals surface area contributed by atoms with Crippen LogP contribution in [-0.2, 0) is 19.6 Å². The molecule has 6 nitrogen and oxygen atoms in total. The second-order valence-electron chi connectivity index (χ2n) is 7.30. The van der Waals surface area contributed by atoms with Crippen molar-refractivity contribution in [2.45, 2.75) is 63.5 Å². The molecule has 0 radical (unpaired) electrons. The molecule has 0 bridgehead atoms. The third kappa shape index (κ3) is 5.28. The van der Waals surface area contributed by atoms with Gasteiger partial charge in [-0.05, 0) is 56.9 Å². The number of benzene rings is 1. The lowest BCUT2D eigenvalue weighted by molar-refractivity contribution is -0.124. The van der Waals surface area contributed by atoms with Gasteiger partial charge < -0.3 is 10.1 Å². The highest BCUT2D eigenvalue weighted by molar-refractivity contribution is 7.89. The molecule has 0 heterocycles. The lowest BCUT2D eigenvalue weighted by Gasteiger charge is -2.28. The zero-order valence-corrected chi connectivity index (χ0v) is 16.9. The number of amides is 1. The molecular formula is C19H30N2O4S. The second kappa shape index (κ2) is 8.97. The quantitative estimate of drug-likeness (QED) is 0.785. The minimum Gasteiger partial charge on any atom is -0.368 e. The molecule has 1 fully saturated rings. The summed E-state index contributed by atoms with van der Waals surface area (Å²) in [4.78, 5) is 12.3. The average molecular weight is 383 g/mol. The van der Waals surface area contributed by atoms with Crippen molar-refractivity contribution in [1.29, 1.82) is 0 Å². The van der Waals surface area contributed by atoms with Crippen molar-refractivity contribution in [2.24, 2.45) is 5.92 Å². The van der Waals surface area contributed by atoms with Crippen LogP contribution < -0.4 is 5.32 Å². The number of rotatable bonds is 7. The summed E-state index contributed by atoms with van der Waals surface area (Å²) in [7, 11) is -1.96. The van der Waals surface area contributed by atoms with Gasteiger partial charge in [-0.2, -0.15) is 4.31 Å². The molecule has 1 aliphatic carbocycles. The molecule has 0 saturated heterocycles. The predicted octanol–water partition coefficient (Wildman–Crippen LogP) is 3.25. The molecule has 146 valence electrons. The van der Waals surface area contributed by atoms with Gasteiger partial charge in [-0.1, -0.05) is 19.8 Å². The van der Waals surface area contributed by atoms with E-state index in [9.17, 15) is 13.2 Å². The normalized spacial score (nSPS) is 21.2. The van der Waals surface area contributed by atoms with Gasteiger partial charge in [0.15, 0.2) is 0 Å². The van der Waals surface area contributed by atoms with Crippen molar-refractivity contribution >= 4 is 21.6 Å². The van der Waals surface area contributed by atoms with E-state index in [-0.39, 0.29) is 29.6 Å². The Hall–Kier alpha value is -1.44. The summed E-state index contributed by atoms with van der Waals surface area (Å²) < 4.78 is 31.9. The predicted molar refractivity (Wildman–Crippen MR) is 103 cm³/mol. The number of nitrogens with one attached hydrogen (secondary N) is 1. The fourth-order valence-electron chi connectivity index (χ4n) is 3.06. The van der Waals surface area contributed by atoms with Gasteiger partial charge in [-0.25, -0.2) is 8.42 Å². The summed E-state index contributed by atoms with van der Waals surface area (Å²) in [6.45, 7) is 5.82. The van der Waals surface area contributed by atoms with Crippen molar-refractivity contribution in [3.05, 3.63) is 24.3 Å². The van der Waals surface area contributed by atoms with Gasteiger partial charge in [0, 0.05) is 18.8 Å². The molecule has 2 atom stereocenters. The van der Waals surface area contributed by atoms with Gasteiger partial charge in [0.05, 0.1) is 11.0 Å². The maximum atomic E-state index is 12.4. The molecular weight excluding hydrogens is 352 g/mol. The third-order valence-electron chi connectivity index (χ3n) is 5.00. The molecule has 2 unspecified atom stereocenters. The summed E-state index contributed by atoms with van der Waals surface area (Å²) >= 11 is 0. The van der Waals surface area contributed by atoms with Gasteiger partial charge in [0.1, 0.15) is 6.61 Å². The first-order valence-electron chi connectivity index (χ1n) is 9.21. The van der Waals surface area contributed by atoms with E-state index >= 15 is 0 Å². The molecule has 26 heavy (non-hydrogen) atoms. The molecule has 1 saturated carbocycles. The standard InChI is InChI=1S/C19H30N2O4S/c1-14(2)21(4)26(23,24)17-11-9-16(10-12-17)20-19(22)13-25-18-8-6-5-7-15(18)3/h9-12,14-15,18H,5-8,13H2,1-4H3,(H,20,22). The van der Waals surface area contributed by atoms with Gasteiger partial charge in [-0.15, -0.1) is 0 Å². The van der Waals surface area contributed by atoms with E-state index in [1.54, 1.807) is 19.2 Å². The monoisotopic (exact) mass is 382 g/mol. The van der Waals surface area contributed by atoms with Crippen LogP contribution in [0.1, 0.15) is 46.5 Å². The second-order valence-corrected chi connectivity index (χ2v) is 9.30. The average Bonchev–Trinajstić information content (AvgIpc) is 2.60. The van der Waals surface area contributed by atoms with Crippen LogP contribution in [0.25, 0.3) is 0 Å². The Morgan fingerprint density at radius 2 is 1.85 bits per heavy atom. The zero-order chi connectivity index (χ0) is 19.3. The number of hydrogen-bond acceptors (Lipinski definition) is 4. The molecule has 0 aromatic heterocycles. The van der Waals surface area contributed by atoms with Crippen LogP contribution in [0.5, 0.6) is 0 Å². The van der Waals surface area contributed by atoms with E-state index in [4.69, 9.17) is 4.74 Å². The van der Waals surface area contributed by atoms with Gasteiger partial charge in [0.25, 0.3) is 0 Å². The topological polar surface area (TPSA) is 75.7 Å². The number of ether oxygens (including phenoxy) is 1. The van der Waals surface area contributed by atoms with E-state index in [0.717, 1.165) is 19.3 Å². The van der Waals surface area contributed by atoms with Crippen molar-refractivity contribution in [1.82, 2.24) is 4.31 Å². The Morgan fingerprint density at radius 1 is 1.23 bits per heavy atom. The lowest BCUT2D eigenvalue weighted by atomic mass is 9.88. The van der Waals surface area contributed by atoms with Crippen LogP contribution >= 0.6 is 0 Å². The molecule has 1 amide bonds. The number of carbonyl (C=O) groups is 1. The van der Waals surface area contributed by atoms with E-state index in [1.807, 2.05) is 13.8 Å². The van der Waals surface area contributed by atoms with Crippen LogP contribution in [0.15, 0.2) is 29.2 Å². The Balaban J connectivity index is 1.91. The fourth-order valence-corrected chi connectivity index (χ4v) is 4.43. The highest BCUT2D eigenvalue weighted by atomic mass is 32.2. The van der Waals surface area contributed by atoms with Crippen molar-refractivity contribution < 1.29 is 17.9 Å². The van der Waals surface area contributed by atoms with Gasteiger partial charge >= 0.3 is 0 Å². The first kappa shape index (κ1) is 20.9. The SMILES string of the molecule is CC1CCCCC1OCC(=O)Nc1ccc(S(=O)(=O)N(C)C(C)C)cc1. The Bertz CT molecular complexity index is 701. The van der Waals surface area contributed by atoms with Crippen LogP contribution in [0.3, 0.4) is 0 Å². The highest BCUT2D eigenvalue weighted by Crippen LogP contribution is 2.26. The highest BCUT2D eigenvalue weighted by Gasteiger charge is 2.24. The van der Waals surface area contributed by atoms with Crippen molar-refractivity contribution in [2.75, 3.05) is 19.0 Å². The summed E-state index contributed by atoms with van der Waals surface area (Å²) in [5.41, 5.74) is 0.557. The minimum absolute atomic E-state index is 0.0190. The smallest absolute Gasteiger partial charge is 0.250 e. The Morgan fingerprint density at radius 3 is 2.42 bits per heavy atom. The summed E-state index contributed by atoms with van der Waals surface area (Å²) in [5, 5.41) is 2.75.